The molecule has 8 heteroatoms. The molecule has 0 aliphatic heterocycles. The number of hydrogen-bond donors (Lipinski definition) is 0. The summed E-state index contributed by atoms with van der Waals surface area (Å²) in [4.78, 5) is 3.88. The van der Waals surface area contributed by atoms with Crippen molar-refractivity contribution in [3.05, 3.63) is 21.9 Å². The summed E-state index contributed by atoms with van der Waals surface area (Å²) in [6, 6.07) is 3.49. The molecule has 0 bridgehead atoms. The first kappa shape index (κ1) is 33.5. The first-order chi connectivity index (χ1) is 18.1. The van der Waals surface area contributed by atoms with Crippen molar-refractivity contribution in [2.45, 2.75) is 140 Å². The maximum absolute atomic E-state index is 13.3. The number of rotatable bonds is 21. The molecule has 0 saturated carbocycles. The van der Waals surface area contributed by atoms with Crippen LogP contribution in [0.15, 0.2) is 21.9 Å². The summed E-state index contributed by atoms with van der Waals surface area (Å²) in [6.45, 7) is 8.17. The van der Waals surface area contributed by atoms with Crippen LogP contribution in [0.1, 0.15) is 126 Å². The second-order valence-electron chi connectivity index (χ2n) is 10.7. The molecule has 0 amide bonds. The van der Waals surface area contributed by atoms with Crippen molar-refractivity contribution in [3.63, 3.8) is 0 Å². The highest BCUT2D eigenvalue weighted by Gasteiger charge is 2.26. The Morgan fingerprint density at radius 3 is 1.45 bits per heavy atom. The zero-order chi connectivity index (χ0) is 28.0. The molecule has 0 atom stereocenters. The van der Waals surface area contributed by atoms with Gasteiger partial charge in [0.05, 0.1) is 26.2 Å². The average Bonchev–Trinajstić information content (AvgIpc) is 3.46. The molecule has 4 nitrogen and oxygen atoms in total. The van der Waals surface area contributed by atoms with E-state index in [1.807, 2.05) is 13.8 Å². The Kier molecular flexibility index (Phi) is 15.2. The summed E-state index contributed by atoms with van der Waals surface area (Å²) in [5, 5.41) is 0. The molecule has 0 aliphatic carbocycles. The van der Waals surface area contributed by atoms with Gasteiger partial charge in [-0.25, -0.2) is 16.8 Å². The Morgan fingerprint density at radius 1 is 0.553 bits per heavy atom. The lowest BCUT2D eigenvalue weighted by molar-refractivity contribution is 0.572. The van der Waals surface area contributed by atoms with Gasteiger partial charge in [-0.05, 0) is 38.8 Å². The molecule has 0 saturated heterocycles. The van der Waals surface area contributed by atoms with E-state index in [-0.39, 0.29) is 11.5 Å². The van der Waals surface area contributed by atoms with Gasteiger partial charge in [-0.15, -0.1) is 22.7 Å². The summed E-state index contributed by atoms with van der Waals surface area (Å²) < 4.78 is 52.8. The van der Waals surface area contributed by atoms with Crippen LogP contribution < -0.4 is 0 Å². The van der Waals surface area contributed by atoms with E-state index in [1.165, 1.54) is 86.9 Å². The lowest BCUT2D eigenvalue weighted by Crippen LogP contribution is -2.07. The molecule has 0 unspecified atom stereocenters. The number of hydrogen-bond acceptors (Lipinski definition) is 6. The van der Waals surface area contributed by atoms with Crippen LogP contribution >= 0.6 is 22.7 Å². The van der Waals surface area contributed by atoms with Gasteiger partial charge in [-0.3, -0.25) is 0 Å². The highest BCUT2D eigenvalue weighted by molar-refractivity contribution is 7.92. The van der Waals surface area contributed by atoms with E-state index in [9.17, 15) is 16.8 Å². The standard InChI is InChI=1S/C30H50O4S4/c1-5-7-9-11-13-15-17-19-21-37(31,32)28-24-27(36-26(28)4)30-29(23-25(3)35-30)38(33,34)22-20-18-16-14-12-10-8-6-2/h23-24H,5-22H2,1-4H3. The van der Waals surface area contributed by atoms with Crippen molar-refractivity contribution < 1.29 is 16.8 Å². The summed E-state index contributed by atoms with van der Waals surface area (Å²) in [7, 11) is -6.80. The maximum atomic E-state index is 13.3. The number of unbranched alkanes of at least 4 members (excludes halogenated alkanes) is 14. The summed E-state index contributed by atoms with van der Waals surface area (Å²) in [6.07, 6.45) is 17.8. The van der Waals surface area contributed by atoms with Crippen molar-refractivity contribution >= 4 is 42.3 Å². The minimum atomic E-state index is -3.42. The van der Waals surface area contributed by atoms with Crippen molar-refractivity contribution in [2.24, 2.45) is 0 Å². The summed E-state index contributed by atoms with van der Waals surface area (Å²) in [5.74, 6) is 0.311. The number of sulfone groups is 2. The Bertz CT molecular complexity index is 1160. The van der Waals surface area contributed by atoms with Gasteiger partial charge < -0.3 is 0 Å². The van der Waals surface area contributed by atoms with Crippen molar-refractivity contribution in [2.75, 3.05) is 11.5 Å². The molecule has 2 rings (SSSR count). The van der Waals surface area contributed by atoms with Crippen molar-refractivity contribution in [1.29, 1.82) is 0 Å². The van der Waals surface area contributed by atoms with Gasteiger partial charge in [-0.1, -0.05) is 104 Å². The van der Waals surface area contributed by atoms with Crippen LogP contribution in [-0.2, 0) is 19.7 Å². The fraction of sp³-hybridized carbons (Fsp3) is 0.733. The normalized spacial score (nSPS) is 12.4. The van der Waals surface area contributed by atoms with Gasteiger partial charge in [0.15, 0.2) is 19.7 Å². The van der Waals surface area contributed by atoms with Crippen molar-refractivity contribution in [3.8, 4) is 9.75 Å². The van der Waals surface area contributed by atoms with Gasteiger partial charge in [0.1, 0.15) is 0 Å². The van der Waals surface area contributed by atoms with E-state index < -0.39 is 19.7 Å². The monoisotopic (exact) mass is 602 g/mol. The highest BCUT2D eigenvalue weighted by Crippen LogP contribution is 2.42. The molecule has 0 fully saturated rings. The summed E-state index contributed by atoms with van der Waals surface area (Å²) >= 11 is 2.85. The Labute approximate surface area is 241 Å². The van der Waals surface area contributed by atoms with Crippen LogP contribution in [0, 0.1) is 13.8 Å². The lowest BCUT2D eigenvalue weighted by Gasteiger charge is -2.06. The molecule has 0 spiro atoms. The maximum Gasteiger partial charge on any atom is 0.179 e. The van der Waals surface area contributed by atoms with E-state index in [2.05, 4.69) is 13.8 Å². The van der Waals surface area contributed by atoms with E-state index in [0.717, 1.165) is 40.3 Å². The third kappa shape index (κ3) is 11.1. The average molecular weight is 603 g/mol. The van der Waals surface area contributed by atoms with Gasteiger partial charge in [-0.2, -0.15) is 0 Å². The SMILES string of the molecule is CCCCCCCCCCS(=O)(=O)c1cc(-c2sc(C)cc2S(=O)(=O)CCCCCCCCCC)sc1C. The Hall–Kier alpha value is -0.700. The molecule has 2 aromatic heterocycles. The fourth-order valence-corrected chi connectivity index (χ4v) is 11.1. The predicted octanol–water partition coefficient (Wildman–Crippen LogP) is 9.92. The topological polar surface area (TPSA) is 68.3 Å². The lowest BCUT2D eigenvalue weighted by atomic mass is 10.1. The van der Waals surface area contributed by atoms with E-state index >= 15 is 0 Å². The predicted molar refractivity (Wildman–Crippen MR) is 166 cm³/mol. The van der Waals surface area contributed by atoms with Crippen LogP contribution in [0.25, 0.3) is 9.75 Å². The minimum Gasteiger partial charge on any atom is -0.224 e. The minimum absolute atomic E-state index is 0.152. The Morgan fingerprint density at radius 2 is 0.974 bits per heavy atom. The van der Waals surface area contributed by atoms with Crippen LogP contribution in [0.2, 0.25) is 0 Å². The molecule has 218 valence electrons. The second kappa shape index (κ2) is 17.2. The molecule has 0 aromatic carbocycles. The summed E-state index contributed by atoms with van der Waals surface area (Å²) in [5.41, 5.74) is 0. The van der Waals surface area contributed by atoms with Gasteiger partial charge in [0.25, 0.3) is 0 Å². The zero-order valence-corrected chi connectivity index (χ0v) is 27.4. The van der Waals surface area contributed by atoms with Crippen molar-refractivity contribution in [1.82, 2.24) is 0 Å². The van der Waals surface area contributed by atoms with E-state index in [1.54, 1.807) is 12.1 Å². The van der Waals surface area contributed by atoms with Gasteiger partial charge in [0.2, 0.25) is 0 Å². The van der Waals surface area contributed by atoms with Crippen LogP contribution in [-0.4, -0.2) is 28.3 Å². The van der Waals surface area contributed by atoms with Gasteiger partial charge >= 0.3 is 0 Å². The number of thiophene rings is 2. The molecule has 2 heterocycles. The molecular weight excluding hydrogens is 553 g/mol. The van der Waals surface area contributed by atoms with Crippen LogP contribution in [0.3, 0.4) is 0 Å². The highest BCUT2D eigenvalue weighted by atomic mass is 32.2. The van der Waals surface area contributed by atoms with Crippen LogP contribution in [0.5, 0.6) is 0 Å². The fourth-order valence-electron chi connectivity index (χ4n) is 4.85. The third-order valence-corrected chi connectivity index (χ3v) is 13.4. The molecule has 0 radical (unpaired) electrons. The van der Waals surface area contributed by atoms with Crippen LogP contribution in [0.4, 0.5) is 0 Å². The molecule has 0 aliphatic rings. The quantitative estimate of drug-likeness (QED) is 0.133. The molecule has 38 heavy (non-hydrogen) atoms. The zero-order valence-electron chi connectivity index (χ0n) is 24.1. The van der Waals surface area contributed by atoms with E-state index in [0.29, 0.717) is 27.5 Å². The molecule has 2 aromatic rings. The number of aryl methyl sites for hydroxylation is 2. The largest absolute Gasteiger partial charge is 0.224 e. The van der Waals surface area contributed by atoms with E-state index in [4.69, 9.17) is 0 Å². The van der Waals surface area contributed by atoms with Gasteiger partial charge in [0, 0.05) is 14.6 Å². The molecular formula is C30H50O4S4. The Balaban J connectivity index is 1.99. The third-order valence-electron chi connectivity index (χ3n) is 7.12. The first-order valence-corrected chi connectivity index (χ1v) is 19.7. The molecule has 0 N–H and O–H groups in total. The smallest absolute Gasteiger partial charge is 0.179 e. The first-order valence-electron chi connectivity index (χ1n) is 14.8. The second-order valence-corrected chi connectivity index (χ2v) is 17.3.